The highest BCUT2D eigenvalue weighted by Gasteiger charge is 2.22. The van der Waals surface area contributed by atoms with Gasteiger partial charge in [-0.25, -0.2) is 0 Å². The summed E-state index contributed by atoms with van der Waals surface area (Å²) in [5.41, 5.74) is 0. The normalized spacial score (nSPS) is 15.3. The lowest BCUT2D eigenvalue weighted by atomic mass is 10.0. The first kappa shape index (κ1) is 14.4. The zero-order valence-corrected chi connectivity index (χ0v) is 10.4. The Morgan fingerprint density at radius 3 is 2.27 bits per heavy atom. The maximum atomic E-state index is 10.9. The van der Waals surface area contributed by atoms with E-state index in [1.165, 1.54) is 19.3 Å². The van der Waals surface area contributed by atoms with Gasteiger partial charge in [-0.05, 0) is 19.3 Å². The zero-order chi connectivity index (χ0) is 11.8. The SMILES string of the molecule is CCCCCC(C)NC(C(=O)O)C(C)C. The summed E-state index contributed by atoms with van der Waals surface area (Å²) in [6.45, 7) is 8.11. The van der Waals surface area contributed by atoms with E-state index in [1.54, 1.807) is 0 Å². The summed E-state index contributed by atoms with van der Waals surface area (Å²) in [6, 6.07) is -0.123. The highest BCUT2D eigenvalue weighted by molar-refractivity contribution is 5.73. The molecule has 0 heterocycles. The number of aliphatic carboxylic acids is 1. The fraction of sp³-hybridized carbons (Fsp3) is 0.917. The molecule has 0 aromatic carbocycles. The van der Waals surface area contributed by atoms with Gasteiger partial charge in [0.1, 0.15) is 6.04 Å². The predicted octanol–water partition coefficient (Wildman–Crippen LogP) is 2.65. The predicted molar refractivity (Wildman–Crippen MR) is 63.0 cm³/mol. The summed E-state index contributed by atoms with van der Waals surface area (Å²) in [6.07, 6.45) is 4.67. The van der Waals surface area contributed by atoms with Crippen LogP contribution in [0, 0.1) is 5.92 Å². The molecule has 0 amide bonds. The molecule has 2 unspecified atom stereocenters. The first-order valence-corrected chi connectivity index (χ1v) is 5.97. The summed E-state index contributed by atoms with van der Waals surface area (Å²) < 4.78 is 0. The van der Waals surface area contributed by atoms with Crippen LogP contribution in [0.1, 0.15) is 53.4 Å². The van der Waals surface area contributed by atoms with Crippen molar-refractivity contribution in [3.63, 3.8) is 0 Å². The number of rotatable bonds is 8. The van der Waals surface area contributed by atoms with Gasteiger partial charge in [0.2, 0.25) is 0 Å². The zero-order valence-electron chi connectivity index (χ0n) is 10.4. The van der Waals surface area contributed by atoms with Crippen molar-refractivity contribution in [2.24, 2.45) is 5.92 Å². The summed E-state index contributed by atoms with van der Waals surface area (Å²) in [7, 11) is 0. The third kappa shape index (κ3) is 6.50. The van der Waals surface area contributed by atoms with E-state index in [-0.39, 0.29) is 5.92 Å². The molecule has 90 valence electrons. The lowest BCUT2D eigenvalue weighted by molar-refractivity contribution is -0.140. The van der Waals surface area contributed by atoms with E-state index in [4.69, 9.17) is 5.11 Å². The molecule has 0 aromatic rings. The standard InChI is InChI=1S/C12H25NO2/c1-5-6-7-8-10(4)13-11(9(2)3)12(14)15/h9-11,13H,5-8H2,1-4H3,(H,14,15). The van der Waals surface area contributed by atoms with E-state index in [2.05, 4.69) is 19.2 Å². The molecule has 0 rings (SSSR count). The number of carbonyl (C=O) groups is 1. The topological polar surface area (TPSA) is 49.3 Å². The van der Waals surface area contributed by atoms with E-state index in [0.717, 1.165) is 6.42 Å². The summed E-state index contributed by atoms with van der Waals surface area (Å²) in [5, 5.41) is 12.2. The number of carboxylic acids is 1. The third-order valence-corrected chi connectivity index (χ3v) is 2.64. The molecule has 15 heavy (non-hydrogen) atoms. The Hall–Kier alpha value is -0.570. The van der Waals surface area contributed by atoms with Crippen LogP contribution in [-0.4, -0.2) is 23.2 Å². The fourth-order valence-electron chi connectivity index (χ4n) is 1.64. The second-order valence-corrected chi connectivity index (χ2v) is 4.62. The van der Waals surface area contributed by atoms with Crippen LogP contribution < -0.4 is 5.32 Å². The van der Waals surface area contributed by atoms with Crippen molar-refractivity contribution in [3.05, 3.63) is 0 Å². The van der Waals surface area contributed by atoms with Gasteiger partial charge >= 0.3 is 5.97 Å². The third-order valence-electron chi connectivity index (χ3n) is 2.64. The molecule has 0 bridgehead atoms. The van der Waals surface area contributed by atoms with Crippen LogP contribution in [0.3, 0.4) is 0 Å². The molecule has 0 aliphatic heterocycles. The minimum Gasteiger partial charge on any atom is -0.480 e. The Morgan fingerprint density at radius 1 is 1.27 bits per heavy atom. The number of unbranched alkanes of at least 4 members (excludes halogenated alkanes) is 2. The van der Waals surface area contributed by atoms with Gasteiger partial charge < -0.3 is 10.4 Å². The molecule has 2 atom stereocenters. The smallest absolute Gasteiger partial charge is 0.320 e. The molecular weight excluding hydrogens is 190 g/mol. The van der Waals surface area contributed by atoms with Crippen molar-refractivity contribution in [3.8, 4) is 0 Å². The Bertz CT molecular complexity index is 180. The van der Waals surface area contributed by atoms with E-state index >= 15 is 0 Å². The van der Waals surface area contributed by atoms with Gasteiger partial charge in [-0.3, -0.25) is 4.79 Å². The van der Waals surface area contributed by atoms with Crippen LogP contribution in [0.2, 0.25) is 0 Å². The molecule has 0 saturated carbocycles. The molecular formula is C12H25NO2. The molecule has 0 aliphatic carbocycles. The van der Waals surface area contributed by atoms with Crippen molar-refractivity contribution in [1.82, 2.24) is 5.32 Å². The van der Waals surface area contributed by atoms with Crippen molar-refractivity contribution in [2.45, 2.75) is 65.5 Å². The number of carboxylic acid groups (broad SMARTS) is 1. The van der Waals surface area contributed by atoms with Crippen LogP contribution >= 0.6 is 0 Å². The van der Waals surface area contributed by atoms with E-state index in [1.807, 2.05) is 13.8 Å². The second kappa shape index (κ2) is 7.69. The summed E-state index contributed by atoms with van der Waals surface area (Å²) in [5.74, 6) is -0.608. The van der Waals surface area contributed by atoms with Gasteiger partial charge in [0, 0.05) is 6.04 Å². The second-order valence-electron chi connectivity index (χ2n) is 4.62. The molecule has 0 spiro atoms. The van der Waals surface area contributed by atoms with Gasteiger partial charge in [-0.15, -0.1) is 0 Å². The quantitative estimate of drug-likeness (QED) is 0.612. The van der Waals surface area contributed by atoms with E-state index in [0.29, 0.717) is 6.04 Å². The van der Waals surface area contributed by atoms with Gasteiger partial charge in [0.25, 0.3) is 0 Å². The summed E-state index contributed by atoms with van der Waals surface area (Å²) in [4.78, 5) is 10.9. The molecule has 2 N–H and O–H groups in total. The fourth-order valence-corrected chi connectivity index (χ4v) is 1.64. The first-order valence-electron chi connectivity index (χ1n) is 5.97. The Balaban J connectivity index is 3.89. The number of hydrogen-bond acceptors (Lipinski definition) is 2. The average molecular weight is 215 g/mol. The Labute approximate surface area is 93.3 Å². The molecule has 0 radical (unpaired) electrons. The lowest BCUT2D eigenvalue weighted by Gasteiger charge is -2.22. The molecule has 3 nitrogen and oxygen atoms in total. The van der Waals surface area contributed by atoms with Crippen LogP contribution in [0.4, 0.5) is 0 Å². The molecule has 0 aliphatic rings. The van der Waals surface area contributed by atoms with Crippen molar-refractivity contribution in [1.29, 1.82) is 0 Å². The lowest BCUT2D eigenvalue weighted by Crippen LogP contribution is -2.45. The van der Waals surface area contributed by atoms with E-state index < -0.39 is 12.0 Å². The van der Waals surface area contributed by atoms with Gasteiger partial charge in [0.05, 0.1) is 0 Å². The largest absolute Gasteiger partial charge is 0.480 e. The highest BCUT2D eigenvalue weighted by atomic mass is 16.4. The van der Waals surface area contributed by atoms with Gasteiger partial charge in [0.15, 0.2) is 0 Å². The highest BCUT2D eigenvalue weighted by Crippen LogP contribution is 2.07. The molecule has 0 saturated heterocycles. The van der Waals surface area contributed by atoms with Crippen LogP contribution in [0.15, 0.2) is 0 Å². The maximum absolute atomic E-state index is 10.9. The monoisotopic (exact) mass is 215 g/mol. The van der Waals surface area contributed by atoms with Crippen molar-refractivity contribution < 1.29 is 9.90 Å². The first-order chi connectivity index (χ1) is 6.99. The Kier molecular flexibility index (Phi) is 7.39. The molecule has 3 heteroatoms. The van der Waals surface area contributed by atoms with Gasteiger partial charge in [-0.2, -0.15) is 0 Å². The maximum Gasteiger partial charge on any atom is 0.320 e. The number of nitrogens with one attached hydrogen (secondary N) is 1. The van der Waals surface area contributed by atoms with E-state index in [9.17, 15) is 4.79 Å². The molecule has 0 aromatic heterocycles. The average Bonchev–Trinajstić information content (AvgIpc) is 2.13. The molecule has 0 fully saturated rings. The van der Waals surface area contributed by atoms with Crippen LogP contribution in [0.5, 0.6) is 0 Å². The minimum absolute atomic E-state index is 0.135. The van der Waals surface area contributed by atoms with Crippen LogP contribution in [0.25, 0.3) is 0 Å². The Morgan fingerprint density at radius 2 is 1.87 bits per heavy atom. The van der Waals surface area contributed by atoms with Crippen LogP contribution in [-0.2, 0) is 4.79 Å². The van der Waals surface area contributed by atoms with Crippen molar-refractivity contribution in [2.75, 3.05) is 0 Å². The van der Waals surface area contributed by atoms with Gasteiger partial charge in [-0.1, -0.05) is 40.0 Å². The van der Waals surface area contributed by atoms with Crippen molar-refractivity contribution >= 4 is 5.97 Å². The summed E-state index contributed by atoms with van der Waals surface area (Å²) >= 11 is 0. The number of hydrogen-bond donors (Lipinski definition) is 2. The minimum atomic E-state index is -0.743.